The van der Waals surface area contributed by atoms with E-state index in [0.29, 0.717) is 13.0 Å². The van der Waals surface area contributed by atoms with Crippen LogP contribution in [0.15, 0.2) is 30.3 Å². The summed E-state index contributed by atoms with van der Waals surface area (Å²) in [5, 5.41) is 5.90. The maximum atomic E-state index is 11.4. The number of carbonyl (C=O) groups excluding carboxylic acids is 1. The molecule has 1 rings (SSSR count). The van der Waals surface area contributed by atoms with Crippen LogP contribution in [0.1, 0.15) is 24.9 Å². The third-order valence-electron chi connectivity index (χ3n) is 2.28. The molecule has 82 valence electrons. The molecule has 3 heteroatoms. The van der Waals surface area contributed by atoms with E-state index >= 15 is 0 Å². The SMILES string of the molecule is CNCCC(=O)N[C@@H](C)c1ccccc1. The van der Waals surface area contributed by atoms with Crippen LogP contribution in [-0.2, 0) is 4.79 Å². The number of carbonyl (C=O) groups is 1. The third kappa shape index (κ3) is 4.13. The Bertz CT molecular complexity index is 298. The first-order valence-electron chi connectivity index (χ1n) is 5.23. The summed E-state index contributed by atoms with van der Waals surface area (Å²) in [6.07, 6.45) is 0.522. The van der Waals surface area contributed by atoms with Gasteiger partial charge in [-0.1, -0.05) is 30.3 Å². The first-order chi connectivity index (χ1) is 7.24. The van der Waals surface area contributed by atoms with Gasteiger partial charge in [0.1, 0.15) is 0 Å². The molecule has 1 amide bonds. The minimum Gasteiger partial charge on any atom is -0.350 e. The number of hydrogen-bond donors (Lipinski definition) is 2. The van der Waals surface area contributed by atoms with Crippen LogP contribution in [0.5, 0.6) is 0 Å². The van der Waals surface area contributed by atoms with Crippen molar-refractivity contribution in [1.82, 2.24) is 10.6 Å². The highest BCUT2D eigenvalue weighted by Crippen LogP contribution is 2.10. The average Bonchev–Trinajstić information content (AvgIpc) is 2.27. The van der Waals surface area contributed by atoms with Crippen LogP contribution < -0.4 is 10.6 Å². The van der Waals surface area contributed by atoms with Crippen molar-refractivity contribution < 1.29 is 4.79 Å². The molecule has 0 saturated heterocycles. The van der Waals surface area contributed by atoms with Gasteiger partial charge in [0.05, 0.1) is 6.04 Å². The lowest BCUT2D eigenvalue weighted by Crippen LogP contribution is -2.28. The molecule has 0 bridgehead atoms. The summed E-state index contributed by atoms with van der Waals surface area (Å²) in [5.74, 6) is 0.0840. The molecule has 1 atom stereocenters. The van der Waals surface area contributed by atoms with E-state index in [9.17, 15) is 4.79 Å². The molecule has 0 aliphatic carbocycles. The fourth-order valence-electron chi connectivity index (χ4n) is 1.38. The predicted octanol–water partition coefficient (Wildman–Crippen LogP) is 1.47. The highest BCUT2D eigenvalue weighted by atomic mass is 16.1. The molecule has 15 heavy (non-hydrogen) atoms. The smallest absolute Gasteiger partial charge is 0.221 e. The van der Waals surface area contributed by atoms with Gasteiger partial charge in [0.15, 0.2) is 0 Å². The van der Waals surface area contributed by atoms with Crippen LogP contribution >= 0.6 is 0 Å². The molecule has 1 aromatic carbocycles. The van der Waals surface area contributed by atoms with Crippen molar-refractivity contribution in [2.75, 3.05) is 13.6 Å². The highest BCUT2D eigenvalue weighted by Gasteiger charge is 2.07. The molecule has 0 heterocycles. The Morgan fingerprint density at radius 3 is 2.60 bits per heavy atom. The predicted molar refractivity (Wildman–Crippen MR) is 61.5 cm³/mol. The van der Waals surface area contributed by atoms with Crippen LogP contribution in [0.4, 0.5) is 0 Å². The molecule has 2 N–H and O–H groups in total. The number of rotatable bonds is 5. The van der Waals surface area contributed by atoms with E-state index in [1.165, 1.54) is 0 Å². The van der Waals surface area contributed by atoms with Crippen molar-refractivity contribution in [3.05, 3.63) is 35.9 Å². The van der Waals surface area contributed by atoms with Gasteiger partial charge < -0.3 is 10.6 Å². The van der Waals surface area contributed by atoms with Crippen molar-refractivity contribution in [3.8, 4) is 0 Å². The van der Waals surface area contributed by atoms with Gasteiger partial charge in [-0.05, 0) is 19.5 Å². The van der Waals surface area contributed by atoms with E-state index in [4.69, 9.17) is 0 Å². The van der Waals surface area contributed by atoms with Gasteiger partial charge in [-0.25, -0.2) is 0 Å². The van der Waals surface area contributed by atoms with Gasteiger partial charge in [0.2, 0.25) is 5.91 Å². The Labute approximate surface area is 90.9 Å². The second-order valence-corrected chi connectivity index (χ2v) is 3.55. The Morgan fingerprint density at radius 1 is 1.33 bits per heavy atom. The molecule has 0 aromatic heterocycles. The van der Waals surface area contributed by atoms with Gasteiger partial charge >= 0.3 is 0 Å². The molecule has 3 nitrogen and oxygen atoms in total. The van der Waals surface area contributed by atoms with E-state index in [0.717, 1.165) is 5.56 Å². The summed E-state index contributed by atoms with van der Waals surface area (Å²) in [4.78, 5) is 11.4. The molecule has 0 fully saturated rings. The highest BCUT2D eigenvalue weighted by molar-refractivity contribution is 5.76. The second-order valence-electron chi connectivity index (χ2n) is 3.55. The maximum Gasteiger partial charge on any atom is 0.221 e. The lowest BCUT2D eigenvalue weighted by molar-refractivity contribution is -0.121. The first-order valence-corrected chi connectivity index (χ1v) is 5.23. The minimum absolute atomic E-state index is 0.0792. The fraction of sp³-hybridized carbons (Fsp3) is 0.417. The second kappa shape index (κ2) is 6.19. The molecule has 0 aliphatic rings. The zero-order valence-corrected chi connectivity index (χ0v) is 9.29. The molecule has 0 aliphatic heterocycles. The fourth-order valence-corrected chi connectivity index (χ4v) is 1.38. The van der Waals surface area contributed by atoms with Crippen LogP contribution in [0, 0.1) is 0 Å². The summed E-state index contributed by atoms with van der Waals surface area (Å²) in [5.41, 5.74) is 1.13. The molecule has 0 spiro atoms. The van der Waals surface area contributed by atoms with Crippen LogP contribution in [0.3, 0.4) is 0 Å². The quantitative estimate of drug-likeness (QED) is 0.766. The molecule has 1 aromatic rings. The summed E-state index contributed by atoms with van der Waals surface area (Å²) in [6.45, 7) is 2.71. The van der Waals surface area contributed by atoms with Gasteiger partial charge in [-0.15, -0.1) is 0 Å². The summed E-state index contributed by atoms with van der Waals surface area (Å²) >= 11 is 0. The summed E-state index contributed by atoms with van der Waals surface area (Å²) < 4.78 is 0. The first kappa shape index (κ1) is 11.7. The van der Waals surface area contributed by atoms with Crippen molar-refractivity contribution in [1.29, 1.82) is 0 Å². The van der Waals surface area contributed by atoms with Gasteiger partial charge in [0.25, 0.3) is 0 Å². The van der Waals surface area contributed by atoms with Crippen LogP contribution in [-0.4, -0.2) is 19.5 Å². The Balaban J connectivity index is 2.42. The number of nitrogens with one attached hydrogen (secondary N) is 2. The van der Waals surface area contributed by atoms with Crippen molar-refractivity contribution in [3.63, 3.8) is 0 Å². The van der Waals surface area contributed by atoms with Gasteiger partial charge in [-0.2, -0.15) is 0 Å². The van der Waals surface area contributed by atoms with Crippen molar-refractivity contribution in [2.45, 2.75) is 19.4 Å². The average molecular weight is 206 g/mol. The van der Waals surface area contributed by atoms with E-state index in [-0.39, 0.29) is 11.9 Å². The Morgan fingerprint density at radius 2 is 2.00 bits per heavy atom. The monoisotopic (exact) mass is 206 g/mol. The number of amides is 1. The zero-order chi connectivity index (χ0) is 11.1. The lowest BCUT2D eigenvalue weighted by atomic mass is 10.1. The Kier molecular flexibility index (Phi) is 4.84. The standard InChI is InChI=1S/C12H18N2O/c1-10(11-6-4-3-5-7-11)14-12(15)8-9-13-2/h3-7,10,13H,8-9H2,1-2H3,(H,14,15)/t10-/m0/s1. The molecular formula is C12H18N2O. The molecular weight excluding hydrogens is 188 g/mol. The summed E-state index contributed by atoms with van der Waals surface area (Å²) in [6, 6.07) is 10.0. The summed E-state index contributed by atoms with van der Waals surface area (Å²) in [7, 11) is 1.84. The van der Waals surface area contributed by atoms with Crippen LogP contribution in [0.2, 0.25) is 0 Å². The van der Waals surface area contributed by atoms with Crippen LogP contribution in [0.25, 0.3) is 0 Å². The minimum atomic E-state index is 0.0792. The van der Waals surface area contributed by atoms with Crippen molar-refractivity contribution >= 4 is 5.91 Å². The van der Waals surface area contributed by atoms with E-state index in [1.807, 2.05) is 44.3 Å². The molecule has 0 saturated carbocycles. The molecule has 0 unspecified atom stereocenters. The topological polar surface area (TPSA) is 41.1 Å². The maximum absolute atomic E-state index is 11.4. The number of benzene rings is 1. The van der Waals surface area contributed by atoms with E-state index in [2.05, 4.69) is 10.6 Å². The van der Waals surface area contributed by atoms with E-state index in [1.54, 1.807) is 0 Å². The third-order valence-corrected chi connectivity index (χ3v) is 2.28. The molecule has 0 radical (unpaired) electrons. The Hall–Kier alpha value is -1.35. The van der Waals surface area contributed by atoms with Crippen molar-refractivity contribution in [2.24, 2.45) is 0 Å². The van der Waals surface area contributed by atoms with Gasteiger partial charge in [-0.3, -0.25) is 4.79 Å². The lowest BCUT2D eigenvalue weighted by Gasteiger charge is -2.13. The van der Waals surface area contributed by atoms with E-state index < -0.39 is 0 Å². The largest absolute Gasteiger partial charge is 0.350 e. The van der Waals surface area contributed by atoms with Gasteiger partial charge in [0, 0.05) is 13.0 Å². The number of hydrogen-bond acceptors (Lipinski definition) is 2. The normalized spacial score (nSPS) is 12.1. The zero-order valence-electron chi connectivity index (χ0n) is 9.29.